The number of halogens is 1. The number of hydrogen-bond acceptors (Lipinski definition) is 3. The quantitative estimate of drug-likeness (QED) is 0.804. The van der Waals surface area contributed by atoms with Gasteiger partial charge in [-0.15, -0.1) is 0 Å². The molecule has 0 aromatic heterocycles. The molecule has 0 bridgehead atoms. The van der Waals surface area contributed by atoms with Gasteiger partial charge < -0.3 is 15.8 Å². The number of ether oxygens (including phenoxy) is 1. The van der Waals surface area contributed by atoms with Crippen molar-refractivity contribution in [2.75, 3.05) is 13.7 Å². The maximum Gasteiger partial charge on any atom is 0.257 e. The summed E-state index contributed by atoms with van der Waals surface area (Å²) < 4.78 is 18.2. The lowest BCUT2D eigenvalue weighted by Crippen LogP contribution is -2.25. The Labute approximate surface area is 93.6 Å². The van der Waals surface area contributed by atoms with Crippen LogP contribution < -0.4 is 15.8 Å². The second-order valence-electron chi connectivity index (χ2n) is 3.43. The van der Waals surface area contributed by atoms with Gasteiger partial charge in [0.2, 0.25) is 0 Å². The van der Waals surface area contributed by atoms with Crippen molar-refractivity contribution < 1.29 is 13.9 Å². The first-order chi connectivity index (χ1) is 7.54. The first-order valence-corrected chi connectivity index (χ1v) is 4.93. The molecule has 1 unspecified atom stereocenters. The van der Waals surface area contributed by atoms with Crippen LogP contribution in [0.1, 0.15) is 18.5 Å². The van der Waals surface area contributed by atoms with Crippen LogP contribution in [0.4, 0.5) is 4.39 Å². The van der Waals surface area contributed by atoms with Crippen molar-refractivity contribution in [2.24, 2.45) is 5.73 Å². The fourth-order valence-corrected chi connectivity index (χ4v) is 1.22. The Morgan fingerprint density at radius 3 is 2.88 bits per heavy atom. The van der Waals surface area contributed by atoms with Crippen molar-refractivity contribution in [3.63, 3.8) is 0 Å². The average Bonchev–Trinajstić information content (AvgIpc) is 2.25. The lowest BCUT2D eigenvalue weighted by atomic mass is 10.1. The fourth-order valence-electron chi connectivity index (χ4n) is 1.22. The van der Waals surface area contributed by atoms with E-state index in [0.29, 0.717) is 11.3 Å². The third-order valence-electron chi connectivity index (χ3n) is 2.10. The number of amides is 1. The highest BCUT2D eigenvalue weighted by Crippen LogP contribution is 2.24. The first kappa shape index (κ1) is 12.4. The zero-order valence-electron chi connectivity index (χ0n) is 9.29. The lowest BCUT2D eigenvalue weighted by Gasteiger charge is -2.13. The summed E-state index contributed by atoms with van der Waals surface area (Å²) in [5.41, 5.74) is 6.37. The van der Waals surface area contributed by atoms with Crippen LogP contribution in [-0.2, 0) is 4.79 Å². The maximum absolute atomic E-state index is 13.0. The third kappa shape index (κ3) is 3.20. The Morgan fingerprint density at radius 1 is 1.62 bits per heavy atom. The Balaban J connectivity index is 2.84. The molecule has 1 atom stereocenters. The highest BCUT2D eigenvalue weighted by Gasteiger charge is 2.10. The molecule has 0 aliphatic heterocycles. The minimum absolute atomic E-state index is 0.153. The van der Waals surface area contributed by atoms with E-state index in [4.69, 9.17) is 10.5 Å². The second kappa shape index (κ2) is 5.46. The van der Waals surface area contributed by atoms with E-state index in [1.165, 1.54) is 19.2 Å². The molecule has 1 rings (SSSR count). The molecule has 0 spiro atoms. The summed E-state index contributed by atoms with van der Waals surface area (Å²) in [5.74, 6) is -0.394. The third-order valence-corrected chi connectivity index (χ3v) is 2.10. The highest BCUT2D eigenvalue weighted by molar-refractivity contribution is 5.77. The smallest absolute Gasteiger partial charge is 0.257 e. The van der Waals surface area contributed by atoms with Crippen molar-refractivity contribution >= 4 is 5.91 Å². The lowest BCUT2D eigenvalue weighted by molar-refractivity contribution is -0.122. The molecule has 1 amide bonds. The topological polar surface area (TPSA) is 64.3 Å². The molecule has 4 nitrogen and oxygen atoms in total. The molecular formula is C11H15FN2O2. The average molecular weight is 226 g/mol. The molecule has 88 valence electrons. The molecular weight excluding hydrogens is 211 g/mol. The Hall–Kier alpha value is -1.62. The van der Waals surface area contributed by atoms with Gasteiger partial charge in [-0.3, -0.25) is 4.79 Å². The van der Waals surface area contributed by atoms with Gasteiger partial charge in [0.25, 0.3) is 5.91 Å². The number of carbonyl (C=O) groups excluding carboxylic acids is 1. The minimum Gasteiger partial charge on any atom is -0.483 e. The number of nitrogens with one attached hydrogen (secondary N) is 1. The van der Waals surface area contributed by atoms with E-state index >= 15 is 0 Å². The maximum atomic E-state index is 13.0. The van der Waals surface area contributed by atoms with Crippen molar-refractivity contribution in [1.29, 1.82) is 0 Å². The fraction of sp³-hybridized carbons (Fsp3) is 0.364. The molecule has 1 aromatic carbocycles. The number of benzene rings is 1. The zero-order valence-corrected chi connectivity index (χ0v) is 9.29. The van der Waals surface area contributed by atoms with E-state index in [9.17, 15) is 9.18 Å². The van der Waals surface area contributed by atoms with Crippen LogP contribution >= 0.6 is 0 Å². The van der Waals surface area contributed by atoms with Crippen molar-refractivity contribution in [2.45, 2.75) is 13.0 Å². The zero-order chi connectivity index (χ0) is 12.1. The van der Waals surface area contributed by atoms with Crippen LogP contribution in [0.2, 0.25) is 0 Å². The number of rotatable bonds is 4. The molecule has 0 fully saturated rings. The van der Waals surface area contributed by atoms with Gasteiger partial charge in [-0.25, -0.2) is 4.39 Å². The molecule has 3 N–H and O–H groups in total. The second-order valence-corrected chi connectivity index (χ2v) is 3.43. The van der Waals surface area contributed by atoms with E-state index in [1.54, 1.807) is 13.0 Å². The molecule has 0 saturated heterocycles. The number of carbonyl (C=O) groups is 1. The van der Waals surface area contributed by atoms with Gasteiger partial charge in [-0.1, -0.05) is 6.07 Å². The Bertz CT molecular complexity index is 380. The van der Waals surface area contributed by atoms with Gasteiger partial charge in [-0.2, -0.15) is 0 Å². The predicted molar refractivity (Wildman–Crippen MR) is 58.6 cm³/mol. The van der Waals surface area contributed by atoms with E-state index in [2.05, 4.69) is 5.32 Å². The summed E-state index contributed by atoms with van der Waals surface area (Å²) in [6.07, 6.45) is 0. The van der Waals surface area contributed by atoms with E-state index in [-0.39, 0.29) is 18.6 Å². The van der Waals surface area contributed by atoms with Crippen LogP contribution in [0.25, 0.3) is 0 Å². The molecule has 1 aromatic rings. The Morgan fingerprint density at radius 2 is 2.31 bits per heavy atom. The van der Waals surface area contributed by atoms with Gasteiger partial charge >= 0.3 is 0 Å². The molecule has 16 heavy (non-hydrogen) atoms. The van der Waals surface area contributed by atoms with Gasteiger partial charge in [0.05, 0.1) is 0 Å². The van der Waals surface area contributed by atoms with Crippen LogP contribution in [0.5, 0.6) is 5.75 Å². The van der Waals surface area contributed by atoms with Crippen LogP contribution in [0.3, 0.4) is 0 Å². The van der Waals surface area contributed by atoms with Gasteiger partial charge in [0.15, 0.2) is 6.61 Å². The SMILES string of the molecule is CNC(=O)COc1cc(F)ccc1C(C)N. The molecule has 5 heteroatoms. The molecule has 0 aliphatic carbocycles. The predicted octanol–water partition coefficient (Wildman–Crippen LogP) is 0.970. The summed E-state index contributed by atoms with van der Waals surface area (Å²) in [5, 5.41) is 2.41. The van der Waals surface area contributed by atoms with E-state index in [0.717, 1.165) is 0 Å². The minimum atomic E-state index is -0.420. The summed E-state index contributed by atoms with van der Waals surface area (Å²) in [7, 11) is 1.50. The van der Waals surface area contributed by atoms with E-state index in [1.807, 2.05) is 0 Å². The summed E-state index contributed by atoms with van der Waals surface area (Å²) >= 11 is 0. The molecule has 0 radical (unpaired) electrons. The van der Waals surface area contributed by atoms with Crippen molar-refractivity contribution in [1.82, 2.24) is 5.32 Å². The summed E-state index contributed by atoms with van der Waals surface area (Å²) in [4.78, 5) is 11.0. The monoisotopic (exact) mass is 226 g/mol. The number of likely N-dealkylation sites (N-methyl/N-ethyl adjacent to an activating group) is 1. The van der Waals surface area contributed by atoms with Gasteiger partial charge in [0, 0.05) is 24.7 Å². The van der Waals surface area contributed by atoms with Crippen molar-refractivity contribution in [3.05, 3.63) is 29.6 Å². The molecule has 0 aliphatic rings. The number of nitrogens with two attached hydrogens (primary N) is 1. The van der Waals surface area contributed by atoms with Gasteiger partial charge in [-0.05, 0) is 13.0 Å². The van der Waals surface area contributed by atoms with Crippen LogP contribution in [0, 0.1) is 5.82 Å². The highest BCUT2D eigenvalue weighted by atomic mass is 19.1. The van der Waals surface area contributed by atoms with Crippen LogP contribution in [-0.4, -0.2) is 19.6 Å². The first-order valence-electron chi connectivity index (χ1n) is 4.93. The Kier molecular flexibility index (Phi) is 4.25. The van der Waals surface area contributed by atoms with Crippen molar-refractivity contribution in [3.8, 4) is 5.75 Å². The molecule has 0 saturated carbocycles. The van der Waals surface area contributed by atoms with Gasteiger partial charge in [0.1, 0.15) is 11.6 Å². The standard InChI is InChI=1S/C11H15FN2O2/c1-7(13)9-4-3-8(12)5-10(9)16-6-11(15)14-2/h3-5,7H,6,13H2,1-2H3,(H,14,15). The number of hydrogen-bond donors (Lipinski definition) is 2. The van der Waals surface area contributed by atoms with Crippen LogP contribution in [0.15, 0.2) is 18.2 Å². The normalized spacial score (nSPS) is 12.0. The summed E-state index contributed by atoms with van der Waals surface area (Å²) in [6, 6.07) is 3.81. The molecule has 0 heterocycles. The largest absolute Gasteiger partial charge is 0.483 e. The summed E-state index contributed by atoms with van der Waals surface area (Å²) in [6.45, 7) is 1.61. The van der Waals surface area contributed by atoms with E-state index < -0.39 is 5.82 Å².